The van der Waals surface area contributed by atoms with E-state index in [1.807, 2.05) is 61.7 Å². The third kappa shape index (κ3) is 4.79. The van der Waals surface area contributed by atoms with Crippen molar-refractivity contribution in [1.82, 2.24) is 20.3 Å². The average molecular weight is 483 g/mol. The number of H-pyrrole nitrogens is 2. The molecule has 2 aromatic heterocycles. The van der Waals surface area contributed by atoms with Gasteiger partial charge in [-0.2, -0.15) is 0 Å². The van der Waals surface area contributed by atoms with Gasteiger partial charge < -0.3 is 24.8 Å². The van der Waals surface area contributed by atoms with Crippen molar-refractivity contribution in [3.63, 3.8) is 0 Å². The Labute approximate surface area is 207 Å². The molecule has 182 valence electrons. The summed E-state index contributed by atoms with van der Waals surface area (Å²) < 4.78 is 10.9. The minimum atomic E-state index is -0.828. The molecule has 0 radical (unpaired) electrons. The Morgan fingerprint density at radius 2 is 1.81 bits per heavy atom. The second-order valence-corrected chi connectivity index (χ2v) is 8.58. The van der Waals surface area contributed by atoms with Crippen LogP contribution >= 0.6 is 0 Å². The molecule has 0 saturated carbocycles. The van der Waals surface area contributed by atoms with Gasteiger partial charge in [-0.15, -0.1) is 0 Å². The number of aromatic amines is 2. The van der Waals surface area contributed by atoms with Crippen LogP contribution < -0.4 is 10.1 Å². The summed E-state index contributed by atoms with van der Waals surface area (Å²) in [6, 6.07) is 19.9. The van der Waals surface area contributed by atoms with E-state index in [1.165, 1.54) is 7.11 Å². The van der Waals surface area contributed by atoms with Crippen molar-refractivity contribution in [2.24, 2.45) is 0 Å². The van der Waals surface area contributed by atoms with Gasteiger partial charge in [0.15, 0.2) is 0 Å². The predicted molar refractivity (Wildman–Crippen MR) is 137 cm³/mol. The number of amides is 1. The number of aryl methyl sites for hydroxylation is 1. The highest BCUT2D eigenvalue weighted by Crippen LogP contribution is 2.22. The smallest absolute Gasteiger partial charge is 0.328 e. The molecule has 0 saturated heterocycles. The highest BCUT2D eigenvalue weighted by atomic mass is 16.5. The number of carbonyl (C=O) groups excluding carboxylic acids is 2. The highest BCUT2D eigenvalue weighted by Gasteiger charge is 2.24. The number of ether oxygens (including phenoxy) is 2. The number of aromatic nitrogens is 3. The minimum Gasteiger partial charge on any atom is -0.485 e. The van der Waals surface area contributed by atoms with Crippen molar-refractivity contribution in [3.8, 4) is 5.75 Å². The molecular formula is C28H26N4O4. The Bertz CT molecular complexity index is 1520. The quantitative estimate of drug-likeness (QED) is 0.283. The first-order valence-electron chi connectivity index (χ1n) is 11.6. The molecule has 0 aliphatic rings. The summed E-state index contributed by atoms with van der Waals surface area (Å²) >= 11 is 0. The lowest BCUT2D eigenvalue weighted by Gasteiger charge is -2.17. The molecule has 0 aliphatic heterocycles. The fourth-order valence-electron chi connectivity index (χ4n) is 4.27. The lowest BCUT2D eigenvalue weighted by molar-refractivity contribution is -0.142. The van der Waals surface area contributed by atoms with Crippen LogP contribution in [-0.4, -0.2) is 40.0 Å². The standard InChI is InChI=1S/C28H26N4O4/c1-17-13-18(11-12-25(17)36-16-26-30-22-9-5-6-10-23(22)31-26)27(33)32-24(28(34)35-2)14-19-15-29-21-8-4-3-7-20(19)21/h3-13,15,24,29H,14,16H2,1-2H3,(H,30,31)(H,32,33). The number of esters is 1. The van der Waals surface area contributed by atoms with E-state index in [9.17, 15) is 9.59 Å². The molecule has 0 aliphatic carbocycles. The van der Waals surface area contributed by atoms with Crippen molar-refractivity contribution < 1.29 is 19.1 Å². The number of nitrogens with one attached hydrogen (secondary N) is 3. The molecule has 0 fully saturated rings. The van der Waals surface area contributed by atoms with Gasteiger partial charge in [-0.1, -0.05) is 30.3 Å². The monoisotopic (exact) mass is 482 g/mol. The zero-order valence-corrected chi connectivity index (χ0v) is 20.0. The Hall–Kier alpha value is -4.59. The molecule has 5 rings (SSSR count). The highest BCUT2D eigenvalue weighted by molar-refractivity contribution is 5.97. The van der Waals surface area contributed by atoms with Crippen molar-refractivity contribution in [3.05, 3.63) is 95.4 Å². The summed E-state index contributed by atoms with van der Waals surface area (Å²) in [5, 5.41) is 3.83. The molecule has 1 amide bonds. The van der Waals surface area contributed by atoms with Crippen LogP contribution in [0.15, 0.2) is 72.9 Å². The Balaban J connectivity index is 1.27. The summed E-state index contributed by atoms with van der Waals surface area (Å²) in [4.78, 5) is 36.4. The fourth-order valence-corrected chi connectivity index (χ4v) is 4.27. The van der Waals surface area contributed by atoms with Crippen LogP contribution in [0, 0.1) is 6.92 Å². The van der Waals surface area contributed by atoms with Crippen molar-refractivity contribution in [2.45, 2.75) is 26.0 Å². The second kappa shape index (κ2) is 9.95. The van der Waals surface area contributed by atoms with Gasteiger partial charge in [-0.3, -0.25) is 4.79 Å². The van der Waals surface area contributed by atoms with E-state index in [2.05, 4.69) is 20.3 Å². The number of imidazole rings is 1. The first-order valence-corrected chi connectivity index (χ1v) is 11.6. The Kier molecular flexibility index (Phi) is 6.40. The van der Waals surface area contributed by atoms with Gasteiger partial charge in [0.1, 0.15) is 24.2 Å². The molecule has 3 aromatic carbocycles. The average Bonchev–Trinajstić information content (AvgIpc) is 3.50. The molecule has 0 spiro atoms. The van der Waals surface area contributed by atoms with Crippen LogP contribution in [0.25, 0.3) is 21.9 Å². The van der Waals surface area contributed by atoms with Crippen LogP contribution in [0.3, 0.4) is 0 Å². The number of benzene rings is 3. The maximum atomic E-state index is 13.0. The second-order valence-electron chi connectivity index (χ2n) is 8.58. The number of rotatable bonds is 8. The Morgan fingerprint density at radius 1 is 1.03 bits per heavy atom. The normalized spacial score (nSPS) is 11.9. The molecule has 3 N–H and O–H groups in total. The van der Waals surface area contributed by atoms with E-state index in [0.29, 0.717) is 17.7 Å². The van der Waals surface area contributed by atoms with Gasteiger partial charge in [0.25, 0.3) is 5.91 Å². The molecule has 8 nitrogen and oxygen atoms in total. The van der Waals surface area contributed by atoms with E-state index in [0.717, 1.165) is 38.9 Å². The fraction of sp³-hybridized carbons (Fsp3) is 0.179. The lowest BCUT2D eigenvalue weighted by Crippen LogP contribution is -2.43. The van der Waals surface area contributed by atoms with E-state index < -0.39 is 12.0 Å². The zero-order valence-electron chi connectivity index (χ0n) is 20.0. The Morgan fingerprint density at radius 3 is 2.58 bits per heavy atom. The zero-order chi connectivity index (χ0) is 25.1. The summed E-state index contributed by atoms with van der Waals surface area (Å²) in [6.07, 6.45) is 2.16. The summed E-state index contributed by atoms with van der Waals surface area (Å²) in [6.45, 7) is 2.14. The van der Waals surface area contributed by atoms with Crippen LogP contribution in [0.5, 0.6) is 5.75 Å². The van der Waals surface area contributed by atoms with E-state index in [-0.39, 0.29) is 12.5 Å². The third-order valence-electron chi connectivity index (χ3n) is 6.13. The summed E-state index contributed by atoms with van der Waals surface area (Å²) in [5.41, 5.74) is 4.95. The maximum absolute atomic E-state index is 13.0. The molecule has 36 heavy (non-hydrogen) atoms. The molecule has 2 heterocycles. The third-order valence-corrected chi connectivity index (χ3v) is 6.13. The van der Waals surface area contributed by atoms with Crippen LogP contribution in [0.1, 0.15) is 27.3 Å². The number of carbonyl (C=O) groups is 2. The molecular weight excluding hydrogens is 456 g/mol. The van der Waals surface area contributed by atoms with E-state index in [4.69, 9.17) is 9.47 Å². The SMILES string of the molecule is COC(=O)C(Cc1c[nH]c2ccccc12)NC(=O)c1ccc(OCc2nc3ccccc3[nH]2)c(C)c1. The number of hydrogen-bond acceptors (Lipinski definition) is 5. The lowest BCUT2D eigenvalue weighted by atomic mass is 10.0. The topological polar surface area (TPSA) is 109 Å². The first-order chi connectivity index (χ1) is 17.5. The number of para-hydroxylation sites is 3. The molecule has 0 bridgehead atoms. The number of hydrogen-bond donors (Lipinski definition) is 3. The van der Waals surface area contributed by atoms with Crippen molar-refractivity contribution in [1.29, 1.82) is 0 Å². The van der Waals surface area contributed by atoms with Gasteiger partial charge in [0.2, 0.25) is 0 Å². The van der Waals surface area contributed by atoms with Crippen LogP contribution in [-0.2, 0) is 22.6 Å². The van der Waals surface area contributed by atoms with Gasteiger partial charge in [-0.25, -0.2) is 9.78 Å². The van der Waals surface area contributed by atoms with Crippen LogP contribution in [0.2, 0.25) is 0 Å². The maximum Gasteiger partial charge on any atom is 0.328 e. The first kappa shape index (κ1) is 23.2. The molecule has 5 aromatic rings. The predicted octanol–water partition coefficient (Wildman–Crippen LogP) is 4.45. The van der Waals surface area contributed by atoms with Crippen LogP contribution in [0.4, 0.5) is 0 Å². The van der Waals surface area contributed by atoms with Gasteiger partial charge in [0.05, 0.1) is 18.1 Å². The van der Waals surface area contributed by atoms with Gasteiger partial charge in [0, 0.05) is 29.1 Å². The van der Waals surface area contributed by atoms with Crippen molar-refractivity contribution >= 4 is 33.8 Å². The molecule has 1 unspecified atom stereocenters. The number of fused-ring (bicyclic) bond motifs is 2. The van der Waals surface area contributed by atoms with E-state index in [1.54, 1.807) is 18.2 Å². The van der Waals surface area contributed by atoms with E-state index >= 15 is 0 Å². The van der Waals surface area contributed by atoms with Gasteiger partial charge in [-0.05, 0) is 54.4 Å². The largest absolute Gasteiger partial charge is 0.485 e. The van der Waals surface area contributed by atoms with Crippen molar-refractivity contribution in [2.75, 3.05) is 7.11 Å². The molecule has 8 heteroatoms. The number of methoxy groups -OCH3 is 1. The molecule has 1 atom stereocenters. The summed E-state index contributed by atoms with van der Waals surface area (Å²) in [5.74, 6) is 0.499. The number of nitrogens with zero attached hydrogens (tertiary/aromatic N) is 1. The minimum absolute atomic E-state index is 0.274. The summed E-state index contributed by atoms with van der Waals surface area (Å²) in [7, 11) is 1.31. The van der Waals surface area contributed by atoms with Gasteiger partial charge >= 0.3 is 5.97 Å².